The number of nitrogens with zero attached hydrogens (tertiary/aromatic N) is 6. The summed E-state index contributed by atoms with van der Waals surface area (Å²) in [5.41, 5.74) is 9.27. The molecule has 1 fully saturated rings. The van der Waals surface area contributed by atoms with Crippen LogP contribution in [0.4, 0.5) is 11.6 Å². The summed E-state index contributed by atoms with van der Waals surface area (Å²) in [7, 11) is 0. The zero-order chi connectivity index (χ0) is 23.1. The maximum absolute atomic E-state index is 6.38. The fourth-order valence-electron chi connectivity index (χ4n) is 4.39. The Labute approximate surface area is 201 Å². The first kappa shape index (κ1) is 20.7. The Balaban J connectivity index is 1.25. The van der Waals surface area contributed by atoms with Gasteiger partial charge in [-0.25, -0.2) is 15.0 Å². The molecule has 34 heavy (non-hydrogen) atoms. The number of hydrogen-bond donors (Lipinski definition) is 1. The van der Waals surface area contributed by atoms with Crippen LogP contribution < -0.4 is 15.4 Å². The smallest absolute Gasteiger partial charge is 0.151 e. The van der Waals surface area contributed by atoms with Crippen molar-refractivity contribution in [3.8, 4) is 11.4 Å². The lowest BCUT2D eigenvalue weighted by Crippen LogP contribution is -2.18. The largest absolute Gasteiger partial charge is 0.489 e. The molecule has 0 aliphatic carbocycles. The molecule has 4 aromatic heterocycles. The maximum atomic E-state index is 6.38. The van der Waals surface area contributed by atoms with Gasteiger partial charge in [0.05, 0.1) is 27.8 Å². The van der Waals surface area contributed by atoms with Gasteiger partial charge in [0, 0.05) is 42.5 Å². The summed E-state index contributed by atoms with van der Waals surface area (Å²) in [5.74, 6) is 2.14. The molecular formula is C25H22ClN7O. The monoisotopic (exact) mass is 471 g/mol. The number of benzene rings is 1. The highest BCUT2D eigenvalue weighted by Gasteiger charge is 2.15. The molecule has 0 atom stereocenters. The molecule has 0 saturated carbocycles. The first-order chi connectivity index (χ1) is 16.7. The van der Waals surface area contributed by atoms with E-state index in [1.165, 1.54) is 19.2 Å². The van der Waals surface area contributed by atoms with Crippen molar-refractivity contribution in [1.29, 1.82) is 0 Å². The van der Waals surface area contributed by atoms with Gasteiger partial charge >= 0.3 is 0 Å². The zero-order valence-electron chi connectivity index (χ0n) is 18.4. The van der Waals surface area contributed by atoms with E-state index in [0.717, 1.165) is 46.8 Å². The molecule has 0 bridgehead atoms. The van der Waals surface area contributed by atoms with Gasteiger partial charge in [-0.1, -0.05) is 11.6 Å². The van der Waals surface area contributed by atoms with Gasteiger partial charge in [0.25, 0.3) is 0 Å². The third kappa shape index (κ3) is 3.76. The van der Waals surface area contributed by atoms with Gasteiger partial charge in [-0.2, -0.15) is 0 Å². The highest BCUT2D eigenvalue weighted by molar-refractivity contribution is 6.36. The van der Waals surface area contributed by atoms with E-state index >= 15 is 0 Å². The maximum Gasteiger partial charge on any atom is 0.151 e. The van der Waals surface area contributed by atoms with Crippen molar-refractivity contribution in [2.75, 3.05) is 23.7 Å². The van der Waals surface area contributed by atoms with Crippen molar-refractivity contribution in [3.63, 3.8) is 0 Å². The van der Waals surface area contributed by atoms with E-state index in [-0.39, 0.29) is 0 Å². The molecule has 9 heteroatoms. The number of nitrogens with two attached hydrogens (primary N) is 1. The lowest BCUT2D eigenvalue weighted by Gasteiger charge is -2.16. The molecule has 0 spiro atoms. The van der Waals surface area contributed by atoms with Crippen LogP contribution >= 0.6 is 11.6 Å². The SMILES string of the molecule is Nc1ncnc2c1c(Cl)cn2-c1cncc(COc2ccc3ccc(N4CCCC4)nc3c2)c1. The molecular weight excluding hydrogens is 450 g/mol. The molecule has 0 radical (unpaired) electrons. The fourth-order valence-corrected chi connectivity index (χ4v) is 4.67. The van der Waals surface area contributed by atoms with E-state index in [1.807, 2.05) is 28.8 Å². The van der Waals surface area contributed by atoms with E-state index in [0.29, 0.717) is 28.5 Å². The van der Waals surface area contributed by atoms with Crippen LogP contribution in [0.25, 0.3) is 27.6 Å². The third-order valence-corrected chi connectivity index (χ3v) is 6.40. The predicted octanol–water partition coefficient (Wildman–Crippen LogP) is 4.78. The van der Waals surface area contributed by atoms with Gasteiger partial charge in [0.15, 0.2) is 5.65 Å². The number of anilines is 2. The summed E-state index contributed by atoms with van der Waals surface area (Å²) in [4.78, 5) is 20.0. The summed E-state index contributed by atoms with van der Waals surface area (Å²) in [6, 6.07) is 12.2. The summed E-state index contributed by atoms with van der Waals surface area (Å²) < 4.78 is 7.95. The average Bonchev–Trinajstić information content (AvgIpc) is 3.52. The zero-order valence-corrected chi connectivity index (χ0v) is 19.1. The highest BCUT2D eigenvalue weighted by Crippen LogP contribution is 2.30. The van der Waals surface area contributed by atoms with Crippen molar-refractivity contribution in [2.24, 2.45) is 0 Å². The van der Waals surface area contributed by atoms with Crippen LogP contribution in [0.2, 0.25) is 5.02 Å². The number of fused-ring (bicyclic) bond motifs is 2. The third-order valence-electron chi connectivity index (χ3n) is 6.11. The van der Waals surface area contributed by atoms with E-state index in [2.05, 4.69) is 32.0 Å². The van der Waals surface area contributed by atoms with E-state index < -0.39 is 0 Å². The van der Waals surface area contributed by atoms with Crippen LogP contribution in [-0.4, -0.2) is 37.6 Å². The van der Waals surface area contributed by atoms with Gasteiger partial charge in [0.2, 0.25) is 0 Å². The second-order valence-corrected chi connectivity index (χ2v) is 8.77. The second-order valence-electron chi connectivity index (χ2n) is 8.36. The fraction of sp³-hybridized carbons (Fsp3) is 0.200. The molecule has 8 nitrogen and oxygen atoms in total. The summed E-state index contributed by atoms with van der Waals surface area (Å²) in [5, 5.41) is 2.21. The Morgan fingerprint density at radius 3 is 2.76 bits per heavy atom. The second kappa shape index (κ2) is 8.46. The number of nitrogen functional groups attached to an aromatic ring is 1. The molecule has 2 N–H and O–H groups in total. The molecule has 0 amide bonds. The molecule has 5 aromatic rings. The Morgan fingerprint density at radius 2 is 1.88 bits per heavy atom. The molecule has 1 aromatic carbocycles. The Hall–Kier alpha value is -3.91. The number of aromatic nitrogens is 5. The van der Waals surface area contributed by atoms with Crippen molar-refractivity contribution < 1.29 is 4.74 Å². The van der Waals surface area contributed by atoms with Gasteiger partial charge < -0.3 is 15.4 Å². The first-order valence-electron chi connectivity index (χ1n) is 11.2. The molecule has 6 rings (SSSR count). The number of halogens is 1. The van der Waals surface area contributed by atoms with Crippen LogP contribution in [0, 0.1) is 0 Å². The predicted molar refractivity (Wildman–Crippen MR) is 134 cm³/mol. The summed E-state index contributed by atoms with van der Waals surface area (Å²) in [6.07, 6.45) is 9.17. The molecule has 0 unspecified atom stereocenters. The van der Waals surface area contributed by atoms with Gasteiger partial charge in [0.1, 0.15) is 30.3 Å². The Morgan fingerprint density at radius 1 is 1.03 bits per heavy atom. The number of hydrogen-bond acceptors (Lipinski definition) is 7. The lowest BCUT2D eigenvalue weighted by atomic mass is 10.2. The molecule has 170 valence electrons. The van der Waals surface area contributed by atoms with E-state index in [1.54, 1.807) is 18.6 Å². The Bertz CT molecular complexity index is 1510. The van der Waals surface area contributed by atoms with Gasteiger partial charge in [-0.3, -0.25) is 9.55 Å². The van der Waals surface area contributed by atoms with Crippen molar-refractivity contribution in [2.45, 2.75) is 19.4 Å². The molecule has 1 aliphatic heterocycles. The topological polar surface area (TPSA) is 95.0 Å². The number of pyridine rings is 2. The van der Waals surface area contributed by atoms with Crippen LogP contribution in [0.15, 0.2) is 61.3 Å². The normalized spacial score (nSPS) is 13.7. The minimum Gasteiger partial charge on any atom is -0.489 e. The molecule has 5 heterocycles. The average molecular weight is 472 g/mol. The van der Waals surface area contributed by atoms with Crippen LogP contribution in [0.5, 0.6) is 5.75 Å². The van der Waals surface area contributed by atoms with Gasteiger partial charge in [-0.15, -0.1) is 0 Å². The lowest BCUT2D eigenvalue weighted by molar-refractivity contribution is 0.306. The molecule has 1 aliphatic rings. The van der Waals surface area contributed by atoms with Crippen LogP contribution in [-0.2, 0) is 6.61 Å². The van der Waals surface area contributed by atoms with E-state index in [9.17, 15) is 0 Å². The summed E-state index contributed by atoms with van der Waals surface area (Å²) >= 11 is 6.38. The highest BCUT2D eigenvalue weighted by atomic mass is 35.5. The van der Waals surface area contributed by atoms with E-state index in [4.69, 9.17) is 27.1 Å². The molecule has 1 saturated heterocycles. The quantitative estimate of drug-likeness (QED) is 0.394. The summed E-state index contributed by atoms with van der Waals surface area (Å²) in [6.45, 7) is 2.50. The first-order valence-corrected chi connectivity index (χ1v) is 11.5. The van der Waals surface area contributed by atoms with Crippen LogP contribution in [0.1, 0.15) is 18.4 Å². The number of ether oxygens (including phenoxy) is 1. The Kier molecular flexibility index (Phi) is 5.15. The minimum atomic E-state index is 0.346. The van der Waals surface area contributed by atoms with Gasteiger partial charge in [-0.05, 0) is 43.2 Å². The van der Waals surface area contributed by atoms with Crippen LogP contribution in [0.3, 0.4) is 0 Å². The van der Waals surface area contributed by atoms with Crippen molar-refractivity contribution >= 4 is 45.2 Å². The standard InChI is InChI=1S/C25H22ClN7O/c26-20-13-33(25-23(20)24(27)29-15-30-25)18-9-16(11-28-12-18)14-34-19-5-3-17-4-6-22(31-21(17)10-19)32-7-1-2-8-32/h3-6,9-13,15H,1-2,7-8,14H2,(H2,27,29,30). The minimum absolute atomic E-state index is 0.346. The van der Waals surface area contributed by atoms with Crippen molar-refractivity contribution in [1.82, 2.24) is 24.5 Å². The number of rotatable bonds is 5. The van der Waals surface area contributed by atoms with Crippen molar-refractivity contribution in [3.05, 3.63) is 71.9 Å².